The molecule has 0 amide bonds. The Morgan fingerprint density at radius 3 is 2.84 bits per heavy atom. The first-order valence-corrected chi connectivity index (χ1v) is 10.9. The van der Waals surface area contributed by atoms with Gasteiger partial charge in [0.25, 0.3) is 0 Å². The van der Waals surface area contributed by atoms with E-state index >= 15 is 0 Å². The van der Waals surface area contributed by atoms with Crippen LogP contribution in [0.15, 0.2) is 54.9 Å². The third-order valence-corrected chi connectivity index (χ3v) is 6.07. The number of fused-ring (bicyclic) bond motifs is 1. The van der Waals surface area contributed by atoms with Crippen LogP contribution in [0.2, 0.25) is 0 Å². The Bertz CT molecular complexity index is 1330. The summed E-state index contributed by atoms with van der Waals surface area (Å²) in [5.74, 6) is -0.0632. The van der Waals surface area contributed by atoms with Crippen molar-refractivity contribution >= 4 is 33.9 Å². The van der Waals surface area contributed by atoms with Gasteiger partial charge in [-0.25, -0.2) is 14.8 Å². The number of nitrogens with one attached hydrogen (secondary N) is 1. The van der Waals surface area contributed by atoms with Crippen LogP contribution in [0.4, 0.5) is 5.82 Å². The molecule has 4 rings (SSSR count). The molecule has 0 aliphatic rings. The van der Waals surface area contributed by atoms with E-state index in [9.17, 15) is 15.2 Å². The number of nitrogens with zero attached hydrogens (tertiary/aromatic N) is 3. The van der Waals surface area contributed by atoms with Crippen LogP contribution in [0, 0.1) is 11.3 Å². The van der Waals surface area contributed by atoms with Crippen molar-refractivity contribution in [3.05, 3.63) is 70.9 Å². The number of carbonyl (C=O) groups is 1. The summed E-state index contributed by atoms with van der Waals surface area (Å²) in [5, 5.41) is 24.3. The SMILES string of the molecule is CCOc1cc(-c2cc(NCCc3ccc4ccccc4c3C#N)ncn2)sc1C(=O)O. The predicted molar refractivity (Wildman–Crippen MR) is 124 cm³/mol. The number of aromatic carboxylic acids is 1. The standard InChI is InChI=1S/C24H20N4O3S/c1-2-31-20-12-21(32-23(20)24(29)30)19-11-22(28-14-27-19)26-10-9-16-8-7-15-5-3-4-6-17(15)18(16)13-25/h3-8,11-12,14H,2,9-10H2,1H3,(H,29,30)(H,26,27,28). The number of ether oxygens (including phenoxy) is 1. The van der Waals surface area contributed by atoms with E-state index in [0.29, 0.717) is 47.3 Å². The van der Waals surface area contributed by atoms with Gasteiger partial charge in [0.05, 0.1) is 22.7 Å². The van der Waals surface area contributed by atoms with Gasteiger partial charge in [-0.15, -0.1) is 11.3 Å². The summed E-state index contributed by atoms with van der Waals surface area (Å²) in [6.07, 6.45) is 2.10. The van der Waals surface area contributed by atoms with Crippen LogP contribution in [-0.2, 0) is 6.42 Å². The molecule has 0 radical (unpaired) electrons. The van der Waals surface area contributed by atoms with Crippen LogP contribution in [0.5, 0.6) is 5.75 Å². The average Bonchev–Trinajstić information content (AvgIpc) is 3.24. The number of hydrogen-bond acceptors (Lipinski definition) is 7. The molecule has 0 unspecified atom stereocenters. The van der Waals surface area contributed by atoms with E-state index in [0.717, 1.165) is 27.7 Å². The van der Waals surface area contributed by atoms with Crippen LogP contribution in [-0.4, -0.2) is 34.2 Å². The third kappa shape index (κ3) is 4.38. The number of aromatic nitrogens is 2. The topological polar surface area (TPSA) is 108 Å². The molecule has 0 bridgehead atoms. The minimum absolute atomic E-state index is 0.148. The first-order valence-electron chi connectivity index (χ1n) is 10.1. The van der Waals surface area contributed by atoms with Crippen molar-refractivity contribution in [2.45, 2.75) is 13.3 Å². The van der Waals surface area contributed by atoms with Gasteiger partial charge in [-0.05, 0) is 29.7 Å². The Labute approximate surface area is 189 Å². The van der Waals surface area contributed by atoms with Crippen LogP contribution in [0.1, 0.15) is 27.7 Å². The summed E-state index contributed by atoms with van der Waals surface area (Å²) >= 11 is 1.12. The number of carboxylic acids is 1. The second kappa shape index (κ2) is 9.45. The van der Waals surface area contributed by atoms with Crippen LogP contribution < -0.4 is 10.1 Å². The number of nitriles is 1. The number of carboxylic acid groups (broad SMARTS) is 1. The summed E-state index contributed by atoms with van der Waals surface area (Å²) in [6, 6.07) is 17.7. The second-order valence-corrected chi connectivity index (χ2v) is 7.99. The molecule has 2 aromatic carbocycles. The highest BCUT2D eigenvalue weighted by atomic mass is 32.1. The summed E-state index contributed by atoms with van der Waals surface area (Å²) in [6.45, 7) is 2.77. The van der Waals surface area contributed by atoms with E-state index in [1.165, 1.54) is 6.33 Å². The van der Waals surface area contributed by atoms with E-state index in [1.54, 1.807) is 12.1 Å². The monoisotopic (exact) mass is 444 g/mol. The molecule has 8 heteroatoms. The number of benzene rings is 2. The minimum atomic E-state index is -1.03. The number of rotatable bonds is 8. The van der Waals surface area contributed by atoms with Crippen LogP contribution in [0.25, 0.3) is 21.3 Å². The fourth-order valence-electron chi connectivity index (χ4n) is 3.48. The first-order chi connectivity index (χ1) is 15.6. The molecule has 0 atom stereocenters. The summed E-state index contributed by atoms with van der Waals surface area (Å²) in [4.78, 5) is 20.9. The van der Waals surface area contributed by atoms with Crippen molar-refractivity contribution in [1.82, 2.24) is 9.97 Å². The molecule has 0 aliphatic carbocycles. The lowest BCUT2D eigenvalue weighted by Gasteiger charge is -2.09. The second-order valence-electron chi connectivity index (χ2n) is 6.94. The molecule has 32 heavy (non-hydrogen) atoms. The highest BCUT2D eigenvalue weighted by Crippen LogP contribution is 2.36. The van der Waals surface area contributed by atoms with E-state index in [2.05, 4.69) is 21.4 Å². The minimum Gasteiger partial charge on any atom is -0.492 e. The van der Waals surface area contributed by atoms with Gasteiger partial charge in [-0.3, -0.25) is 0 Å². The zero-order chi connectivity index (χ0) is 22.5. The molecule has 2 heterocycles. The van der Waals surface area contributed by atoms with Gasteiger partial charge in [-0.1, -0.05) is 36.4 Å². The van der Waals surface area contributed by atoms with Crippen LogP contribution in [0.3, 0.4) is 0 Å². The molecular weight excluding hydrogens is 424 g/mol. The highest BCUT2D eigenvalue weighted by molar-refractivity contribution is 7.17. The van der Waals surface area contributed by atoms with Crippen molar-refractivity contribution in [3.63, 3.8) is 0 Å². The van der Waals surface area contributed by atoms with Crippen molar-refractivity contribution in [2.75, 3.05) is 18.5 Å². The predicted octanol–water partition coefficient (Wildman–Crippen LogP) is 4.98. The first kappa shape index (κ1) is 21.3. The van der Waals surface area contributed by atoms with Gasteiger partial charge in [0.2, 0.25) is 0 Å². The Hall–Kier alpha value is -3.96. The van der Waals surface area contributed by atoms with Gasteiger partial charge in [0.1, 0.15) is 24.0 Å². The van der Waals surface area contributed by atoms with Gasteiger partial charge in [0, 0.05) is 18.7 Å². The Balaban J connectivity index is 1.50. The summed E-state index contributed by atoms with van der Waals surface area (Å²) < 4.78 is 5.44. The molecular formula is C24H20N4O3S. The quantitative estimate of drug-likeness (QED) is 0.394. The molecule has 4 aromatic rings. The highest BCUT2D eigenvalue weighted by Gasteiger charge is 2.18. The maximum absolute atomic E-state index is 11.5. The largest absolute Gasteiger partial charge is 0.492 e. The lowest BCUT2D eigenvalue weighted by molar-refractivity contribution is 0.0698. The Morgan fingerprint density at radius 1 is 1.22 bits per heavy atom. The molecule has 0 spiro atoms. The molecule has 0 saturated carbocycles. The van der Waals surface area contributed by atoms with E-state index < -0.39 is 5.97 Å². The zero-order valence-corrected chi connectivity index (χ0v) is 18.1. The number of hydrogen-bond donors (Lipinski definition) is 2. The maximum Gasteiger partial charge on any atom is 0.349 e. The smallest absolute Gasteiger partial charge is 0.349 e. The van der Waals surface area contributed by atoms with E-state index in [4.69, 9.17) is 4.74 Å². The van der Waals surface area contributed by atoms with Crippen LogP contribution >= 0.6 is 11.3 Å². The molecule has 160 valence electrons. The molecule has 0 saturated heterocycles. The summed E-state index contributed by atoms with van der Waals surface area (Å²) in [7, 11) is 0. The van der Waals surface area contributed by atoms with E-state index in [1.807, 2.05) is 43.3 Å². The molecule has 0 fully saturated rings. The Morgan fingerprint density at radius 2 is 2.06 bits per heavy atom. The molecule has 2 N–H and O–H groups in total. The number of thiophene rings is 1. The van der Waals surface area contributed by atoms with Crippen molar-refractivity contribution in [1.29, 1.82) is 5.26 Å². The lowest BCUT2D eigenvalue weighted by Crippen LogP contribution is -2.07. The molecule has 0 aliphatic heterocycles. The van der Waals surface area contributed by atoms with Gasteiger partial charge < -0.3 is 15.2 Å². The maximum atomic E-state index is 11.5. The van der Waals surface area contributed by atoms with Crippen molar-refractivity contribution < 1.29 is 14.6 Å². The summed E-state index contributed by atoms with van der Waals surface area (Å²) in [5.41, 5.74) is 2.28. The lowest BCUT2D eigenvalue weighted by atomic mass is 9.98. The number of anilines is 1. The Kier molecular flexibility index (Phi) is 6.29. The average molecular weight is 445 g/mol. The normalized spacial score (nSPS) is 10.6. The fourth-order valence-corrected chi connectivity index (χ4v) is 4.39. The zero-order valence-electron chi connectivity index (χ0n) is 17.3. The fraction of sp³-hybridized carbons (Fsp3) is 0.167. The van der Waals surface area contributed by atoms with Crippen molar-refractivity contribution in [2.24, 2.45) is 0 Å². The van der Waals surface area contributed by atoms with Gasteiger partial charge >= 0.3 is 5.97 Å². The van der Waals surface area contributed by atoms with E-state index in [-0.39, 0.29) is 4.88 Å². The molecule has 7 nitrogen and oxygen atoms in total. The van der Waals surface area contributed by atoms with Gasteiger partial charge in [-0.2, -0.15) is 5.26 Å². The van der Waals surface area contributed by atoms with Gasteiger partial charge in [0.15, 0.2) is 4.88 Å². The molecule has 2 aromatic heterocycles. The van der Waals surface area contributed by atoms with Crippen molar-refractivity contribution in [3.8, 4) is 22.4 Å². The third-order valence-electron chi connectivity index (χ3n) is 4.94.